The van der Waals surface area contributed by atoms with E-state index < -0.39 is 28.4 Å². The Labute approximate surface area is 117 Å². The van der Waals surface area contributed by atoms with Crippen molar-refractivity contribution in [3.05, 3.63) is 0 Å². The van der Waals surface area contributed by atoms with Crippen LogP contribution in [0, 0.1) is 0 Å². The summed E-state index contributed by atoms with van der Waals surface area (Å²) in [5.74, 6) is -0.407. The van der Waals surface area contributed by atoms with Crippen molar-refractivity contribution in [2.24, 2.45) is 0 Å². The molecule has 0 aromatic carbocycles. The molecule has 0 bridgehead atoms. The molecule has 0 spiro atoms. The molecule has 0 aromatic heterocycles. The van der Waals surface area contributed by atoms with E-state index in [0.717, 1.165) is 32.2 Å². The summed E-state index contributed by atoms with van der Waals surface area (Å²) in [6.07, 6.45) is -2.07. The molecular weight excluding hydrogens is 293 g/mol. The molecule has 1 N–H and O–H groups in total. The first kappa shape index (κ1) is 16.0. The topological polar surface area (TPSA) is 49.4 Å². The van der Waals surface area contributed by atoms with Gasteiger partial charge in [0, 0.05) is 25.0 Å². The Morgan fingerprint density at radius 2 is 1.90 bits per heavy atom. The monoisotopic (exact) mass is 314 g/mol. The number of hydrogen-bond donors (Lipinski definition) is 1. The highest BCUT2D eigenvalue weighted by Gasteiger charge is 2.39. The van der Waals surface area contributed by atoms with E-state index in [2.05, 4.69) is 5.32 Å². The standard InChI is InChI=1S/C12H21F3N2O2S/c13-12(14,15)6-2-8-20(18,19)17(11-4-5-11)9-10-3-1-7-16-10/h10-11,16H,1-9H2. The molecule has 0 radical (unpaired) electrons. The van der Waals surface area contributed by atoms with E-state index in [4.69, 9.17) is 0 Å². The molecule has 4 nitrogen and oxygen atoms in total. The van der Waals surface area contributed by atoms with E-state index >= 15 is 0 Å². The SMILES string of the molecule is O=S(=O)(CCCC(F)(F)F)N(CC1CCCN1)C1CC1. The third-order valence-corrected chi connectivity index (χ3v) is 5.70. The summed E-state index contributed by atoms with van der Waals surface area (Å²) in [6.45, 7) is 1.29. The number of nitrogens with zero attached hydrogens (tertiary/aromatic N) is 1. The number of nitrogens with one attached hydrogen (secondary N) is 1. The fourth-order valence-corrected chi connectivity index (χ4v) is 4.37. The maximum atomic E-state index is 12.2. The van der Waals surface area contributed by atoms with E-state index in [1.54, 1.807) is 0 Å². The molecule has 20 heavy (non-hydrogen) atoms. The lowest BCUT2D eigenvalue weighted by atomic mass is 10.2. The van der Waals surface area contributed by atoms with Crippen LogP contribution >= 0.6 is 0 Å². The Morgan fingerprint density at radius 3 is 2.40 bits per heavy atom. The number of sulfonamides is 1. The maximum Gasteiger partial charge on any atom is 0.389 e. The van der Waals surface area contributed by atoms with Crippen LogP contribution in [0.1, 0.15) is 38.5 Å². The van der Waals surface area contributed by atoms with Gasteiger partial charge in [0.05, 0.1) is 5.75 Å². The van der Waals surface area contributed by atoms with Crippen molar-refractivity contribution >= 4 is 10.0 Å². The summed E-state index contributed by atoms with van der Waals surface area (Å²) in [5, 5.41) is 3.24. The lowest BCUT2D eigenvalue weighted by Gasteiger charge is -2.25. The minimum atomic E-state index is -4.28. The van der Waals surface area contributed by atoms with Crippen LogP contribution in [-0.2, 0) is 10.0 Å². The van der Waals surface area contributed by atoms with Crippen molar-refractivity contribution < 1.29 is 21.6 Å². The van der Waals surface area contributed by atoms with Gasteiger partial charge in [-0.3, -0.25) is 0 Å². The second kappa shape index (κ2) is 6.19. The summed E-state index contributed by atoms with van der Waals surface area (Å²) < 4.78 is 62.2. The minimum Gasteiger partial charge on any atom is -0.313 e. The second-order valence-corrected chi connectivity index (χ2v) is 7.67. The molecule has 118 valence electrons. The van der Waals surface area contributed by atoms with Crippen molar-refractivity contribution in [1.82, 2.24) is 9.62 Å². The van der Waals surface area contributed by atoms with E-state index in [0.29, 0.717) is 6.54 Å². The van der Waals surface area contributed by atoms with Crippen LogP contribution in [0.25, 0.3) is 0 Å². The Kier molecular flexibility index (Phi) is 4.96. The number of halogens is 3. The molecule has 0 aromatic rings. The molecule has 8 heteroatoms. The van der Waals surface area contributed by atoms with Crippen LogP contribution in [0.5, 0.6) is 0 Å². The van der Waals surface area contributed by atoms with Gasteiger partial charge in [-0.25, -0.2) is 8.42 Å². The molecule has 1 aliphatic heterocycles. The predicted octanol–water partition coefficient (Wildman–Crippen LogP) is 1.88. The first-order valence-electron chi connectivity index (χ1n) is 7.07. The fraction of sp³-hybridized carbons (Fsp3) is 1.00. The number of hydrogen-bond acceptors (Lipinski definition) is 3. The van der Waals surface area contributed by atoms with Crippen LogP contribution in [-0.4, -0.2) is 49.8 Å². The first-order chi connectivity index (χ1) is 9.28. The molecule has 1 unspecified atom stereocenters. The molecule has 1 aliphatic carbocycles. The molecule has 2 aliphatic rings. The Hall–Kier alpha value is -0.340. The van der Waals surface area contributed by atoms with Gasteiger partial charge < -0.3 is 5.32 Å². The van der Waals surface area contributed by atoms with Crippen molar-refractivity contribution in [3.63, 3.8) is 0 Å². The summed E-state index contributed by atoms with van der Waals surface area (Å²) in [7, 11) is -3.58. The van der Waals surface area contributed by atoms with Gasteiger partial charge in [-0.15, -0.1) is 0 Å². The van der Waals surface area contributed by atoms with Crippen LogP contribution in [0.3, 0.4) is 0 Å². The molecule has 0 amide bonds. The largest absolute Gasteiger partial charge is 0.389 e. The van der Waals surface area contributed by atoms with Crippen molar-refractivity contribution in [1.29, 1.82) is 0 Å². The third kappa shape index (κ3) is 4.89. The Balaban J connectivity index is 1.89. The highest BCUT2D eigenvalue weighted by molar-refractivity contribution is 7.89. The first-order valence-corrected chi connectivity index (χ1v) is 8.68. The molecule has 1 atom stereocenters. The normalized spacial score (nSPS) is 24.5. The zero-order valence-corrected chi connectivity index (χ0v) is 12.1. The summed E-state index contributed by atoms with van der Waals surface area (Å²) in [5.41, 5.74) is 0. The maximum absolute atomic E-state index is 12.2. The highest BCUT2D eigenvalue weighted by atomic mass is 32.2. The van der Waals surface area contributed by atoms with Gasteiger partial charge in [-0.2, -0.15) is 17.5 Å². The van der Waals surface area contributed by atoms with E-state index in [9.17, 15) is 21.6 Å². The van der Waals surface area contributed by atoms with Gasteiger partial charge in [0.1, 0.15) is 0 Å². The summed E-state index contributed by atoms with van der Waals surface area (Å²) >= 11 is 0. The smallest absolute Gasteiger partial charge is 0.313 e. The zero-order valence-electron chi connectivity index (χ0n) is 11.3. The number of rotatable bonds is 7. The van der Waals surface area contributed by atoms with Crippen molar-refractivity contribution in [2.45, 2.75) is 56.8 Å². The minimum absolute atomic E-state index is 0.00767. The van der Waals surface area contributed by atoms with Gasteiger partial charge in [0.15, 0.2) is 0 Å². The van der Waals surface area contributed by atoms with Gasteiger partial charge in [0.25, 0.3) is 0 Å². The molecule has 1 saturated heterocycles. The van der Waals surface area contributed by atoms with Crippen molar-refractivity contribution in [3.8, 4) is 0 Å². The van der Waals surface area contributed by atoms with Crippen LogP contribution in [0.2, 0.25) is 0 Å². The van der Waals surface area contributed by atoms with Crippen LogP contribution in [0.15, 0.2) is 0 Å². The van der Waals surface area contributed by atoms with Gasteiger partial charge in [-0.1, -0.05) is 0 Å². The average Bonchev–Trinajstić information content (AvgIpc) is 3.00. The molecule has 1 heterocycles. The quantitative estimate of drug-likeness (QED) is 0.780. The van der Waals surface area contributed by atoms with E-state index in [1.165, 1.54) is 4.31 Å². The molecular formula is C12H21F3N2O2S. The summed E-state index contributed by atoms with van der Waals surface area (Å²) in [4.78, 5) is 0. The van der Waals surface area contributed by atoms with Crippen molar-refractivity contribution in [2.75, 3.05) is 18.8 Å². The zero-order chi connectivity index (χ0) is 14.8. The van der Waals surface area contributed by atoms with Crippen LogP contribution in [0.4, 0.5) is 13.2 Å². The lowest BCUT2D eigenvalue weighted by Crippen LogP contribution is -2.43. The molecule has 2 rings (SSSR count). The highest BCUT2D eigenvalue weighted by Crippen LogP contribution is 2.31. The van der Waals surface area contributed by atoms with Gasteiger partial charge >= 0.3 is 6.18 Å². The van der Waals surface area contributed by atoms with Gasteiger partial charge in [0.2, 0.25) is 10.0 Å². The number of alkyl halides is 3. The van der Waals surface area contributed by atoms with E-state index in [1.807, 2.05) is 0 Å². The predicted molar refractivity (Wildman–Crippen MR) is 69.8 cm³/mol. The van der Waals surface area contributed by atoms with E-state index in [-0.39, 0.29) is 18.5 Å². The second-order valence-electron chi connectivity index (χ2n) is 5.63. The fourth-order valence-electron chi connectivity index (χ4n) is 2.55. The Morgan fingerprint density at radius 1 is 1.20 bits per heavy atom. The Bertz CT molecular complexity index is 415. The summed E-state index contributed by atoms with van der Waals surface area (Å²) in [6, 6.07) is 0.154. The average molecular weight is 314 g/mol. The third-order valence-electron chi connectivity index (χ3n) is 3.74. The lowest BCUT2D eigenvalue weighted by molar-refractivity contribution is -0.134. The van der Waals surface area contributed by atoms with Gasteiger partial charge in [-0.05, 0) is 38.6 Å². The molecule has 1 saturated carbocycles. The molecule has 2 fully saturated rings. The van der Waals surface area contributed by atoms with Crippen LogP contribution < -0.4 is 5.32 Å².